The minimum absolute atomic E-state index is 0.273. The molecule has 3 aromatic rings. The Kier molecular flexibility index (Phi) is 7.45. The van der Waals surface area contributed by atoms with Crippen LogP contribution in [0.1, 0.15) is 29.9 Å². The zero-order valence-electron chi connectivity index (χ0n) is 18.4. The van der Waals surface area contributed by atoms with E-state index in [0.29, 0.717) is 16.1 Å². The molecule has 170 valence electrons. The highest BCUT2D eigenvalue weighted by molar-refractivity contribution is 9.10. The predicted molar refractivity (Wildman–Crippen MR) is 135 cm³/mol. The summed E-state index contributed by atoms with van der Waals surface area (Å²) in [5.74, 6) is 0.853. The molecule has 1 aliphatic rings. The van der Waals surface area contributed by atoms with E-state index in [-0.39, 0.29) is 11.7 Å². The van der Waals surface area contributed by atoms with Crippen molar-refractivity contribution in [1.29, 1.82) is 0 Å². The first-order chi connectivity index (χ1) is 16.0. The number of nitrogens with one attached hydrogen (secondary N) is 1. The first-order valence-electron chi connectivity index (χ1n) is 11.0. The highest BCUT2D eigenvalue weighted by Crippen LogP contribution is 2.35. The highest BCUT2D eigenvalue weighted by Gasteiger charge is 2.23. The summed E-state index contributed by atoms with van der Waals surface area (Å²) in [4.78, 5) is 14.6. The number of methoxy groups -OCH3 is 1. The van der Waals surface area contributed by atoms with Crippen LogP contribution in [0, 0.1) is 5.82 Å². The summed E-state index contributed by atoms with van der Waals surface area (Å²) in [6.07, 6.45) is 5.41. The zero-order valence-corrected chi connectivity index (χ0v) is 20.0. The molecule has 3 aromatic carbocycles. The number of hydrogen-bond acceptors (Lipinski definition) is 3. The van der Waals surface area contributed by atoms with Crippen molar-refractivity contribution in [3.8, 4) is 5.75 Å². The van der Waals surface area contributed by atoms with Crippen LogP contribution in [-0.2, 0) is 4.79 Å². The van der Waals surface area contributed by atoms with E-state index in [9.17, 15) is 9.18 Å². The normalized spacial score (nSPS) is 14.5. The molecule has 0 aliphatic carbocycles. The number of para-hydroxylation sites is 1. The third-order valence-corrected chi connectivity index (χ3v) is 6.60. The molecule has 0 aromatic heterocycles. The lowest BCUT2D eigenvalue weighted by Gasteiger charge is -2.34. The lowest BCUT2D eigenvalue weighted by atomic mass is 9.88. The average Bonchev–Trinajstić information content (AvgIpc) is 2.85. The van der Waals surface area contributed by atoms with Crippen molar-refractivity contribution in [3.63, 3.8) is 0 Å². The molecule has 1 amide bonds. The summed E-state index contributed by atoms with van der Waals surface area (Å²) in [6, 6.07) is 20.7. The molecule has 4 nitrogen and oxygen atoms in total. The van der Waals surface area contributed by atoms with Gasteiger partial charge < -0.3 is 15.0 Å². The smallest absolute Gasteiger partial charge is 0.248 e. The van der Waals surface area contributed by atoms with E-state index >= 15 is 0 Å². The molecular weight excluding hydrogens is 483 g/mol. The van der Waals surface area contributed by atoms with Gasteiger partial charge in [-0.05, 0) is 88.3 Å². The highest BCUT2D eigenvalue weighted by atomic mass is 79.9. The van der Waals surface area contributed by atoms with Crippen molar-refractivity contribution in [3.05, 3.63) is 94.2 Å². The minimum atomic E-state index is -0.362. The first kappa shape index (κ1) is 23.1. The van der Waals surface area contributed by atoms with Crippen molar-refractivity contribution >= 4 is 39.3 Å². The lowest BCUT2D eigenvalue weighted by molar-refractivity contribution is -0.111. The number of piperidine rings is 1. The molecule has 0 bridgehead atoms. The maximum Gasteiger partial charge on any atom is 0.248 e. The summed E-state index contributed by atoms with van der Waals surface area (Å²) >= 11 is 3.25. The number of halogens is 2. The van der Waals surface area contributed by atoms with Crippen LogP contribution >= 0.6 is 15.9 Å². The molecule has 6 heteroatoms. The summed E-state index contributed by atoms with van der Waals surface area (Å²) < 4.78 is 19.2. The molecule has 0 saturated carbocycles. The van der Waals surface area contributed by atoms with Gasteiger partial charge >= 0.3 is 0 Å². The molecule has 0 unspecified atom stereocenters. The topological polar surface area (TPSA) is 41.6 Å². The van der Waals surface area contributed by atoms with E-state index < -0.39 is 0 Å². The van der Waals surface area contributed by atoms with Gasteiger partial charge in [0.2, 0.25) is 5.91 Å². The minimum Gasteiger partial charge on any atom is -0.496 e. The molecule has 1 N–H and O–H groups in total. The number of nitrogens with zero attached hydrogens (tertiary/aromatic N) is 1. The summed E-state index contributed by atoms with van der Waals surface area (Å²) in [5, 5.41) is 2.74. The number of hydrogen-bond donors (Lipinski definition) is 1. The molecular formula is C27H26BrFN2O2. The third-order valence-electron chi connectivity index (χ3n) is 5.95. The van der Waals surface area contributed by atoms with E-state index in [1.165, 1.54) is 35.5 Å². The fraction of sp³-hybridized carbons (Fsp3) is 0.222. The van der Waals surface area contributed by atoms with Crippen LogP contribution in [0.25, 0.3) is 6.08 Å². The molecule has 1 fully saturated rings. The Bertz CT molecular complexity index is 1140. The van der Waals surface area contributed by atoms with Gasteiger partial charge in [-0.3, -0.25) is 4.79 Å². The zero-order chi connectivity index (χ0) is 23.2. The van der Waals surface area contributed by atoms with Gasteiger partial charge in [-0.1, -0.05) is 30.3 Å². The third kappa shape index (κ3) is 5.82. The Morgan fingerprint density at radius 1 is 1.09 bits per heavy atom. The van der Waals surface area contributed by atoms with E-state index in [1.54, 1.807) is 13.2 Å². The monoisotopic (exact) mass is 508 g/mol. The SMILES string of the molecule is COc1ccccc1C1CCN(c2ccc(C=CC(=O)Nc3ccc(F)cc3Br)cc2)CC1. The van der Waals surface area contributed by atoms with E-state index in [4.69, 9.17) is 4.74 Å². The second-order valence-corrected chi connectivity index (χ2v) is 8.90. The molecule has 1 aliphatic heterocycles. The van der Waals surface area contributed by atoms with Gasteiger partial charge in [-0.25, -0.2) is 4.39 Å². The van der Waals surface area contributed by atoms with E-state index in [0.717, 1.165) is 37.2 Å². The molecule has 0 spiro atoms. The van der Waals surface area contributed by atoms with Crippen molar-refractivity contribution in [1.82, 2.24) is 0 Å². The lowest BCUT2D eigenvalue weighted by Crippen LogP contribution is -2.32. The van der Waals surface area contributed by atoms with Crippen molar-refractivity contribution in [2.75, 3.05) is 30.4 Å². The van der Waals surface area contributed by atoms with Crippen LogP contribution in [0.5, 0.6) is 5.75 Å². The standard InChI is InChI=1S/C27H26BrFN2O2/c1-33-26-5-3-2-4-23(26)20-14-16-31(17-15-20)22-10-6-19(7-11-22)8-13-27(32)30-25-12-9-21(29)18-24(25)28/h2-13,18,20H,14-17H2,1H3,(H,30,32). The van der Waals surface area contributed by atoms with Crippen LogP contribution < -0.4 is 15.0 Å². The van der Waals surface area contributed by atoms with Gasteiger partial charge in [0.15, 0.2) is 0 Å². The maximum atomic E-state index is 13.2. The Hall–Kier alpha value is -3.12. The largest absolute Gasteiger partial charge is 0.496 e. The van der Waals surface area contributed by atoms with Gasteiger partial charge in [0, 0.05) is 29.3 Å². The van der Waals surface area contributed by atoms with Crippen molar-refractivity contribution in [2.45, 2.75) is 18.8 Å². The number of anilines is 2. The Balaban J connectivity index is 1.32. The average molecular weight is 509 g/mol. The molecule has 1 saturated heterocycles. The second-order valence-electron chi connectivity index (χ2n) is 8.04. The number of ether oxygens (including phenoxy) is 1. The van der Waals surface area contributed by atoms with Gasteiger partial charge in [0.05, 0.1) is 12.8 Å². The van der Waals surface area contributed by atoms with Crippen LogP contribution in [0.15, 0.2) is 77.3 Å². The molecule has 1 heterocycles. The van der Waals surface area contributed by atoms with Crippen molar-refractivity contribution < 1.29 is 13.9 Å². The van der Waals surface area contributed by atoms with E-state index in [2.05, 4.69) is 50.4 Å². The summed E-state index contributed by atoms with van der Waals surface area (Å²) in [6.45, 7) is 1.99. The molecule has 33 heavy (non-hydrogen) atoms. The second kappa shape index (κ2) is 10.7. The fourth-order valence-electron chi connectivity index (χ4n) is 4.19. The number of benzene rings is 3. The number of rotatable bonds is 6. The molecule has 0 radical (unpaired) electrons. The number of carbonyl (C=O) groups is 1. The predicted octanol–water partition coefficient (Wildman–Crippen LogP) is 6.63. The first-order valence-corrected chi connectivity index (χ1v) is 11.7. The van der Waals surface area contributed by atoms with Gasteiger partial charge in [0.25, 0.3) is 0 Å². The number of amides is 1. The van der Waals surface area contributed by atoms with Gasteiger partial charge in [-0.2, -0.15) is 0 Å². The van der Waals surface area contributed by atoms with Crippen LogP contribution in [0.3, 0.4) is 0 Å². The van der Waals surface area contributed by atoms with Crippen LogP contribution in [0.2, 0.25) is 0 Å². The van der Waals surface area contributed by atoms with Gasteiger partial charge in [-0.15, -0.1) is 0 Å². The molecule has 4 rings (SSSR count). The molecule has 0 atom stereocenters. The maximum absolute atomic E-state index is 13.2. The Morgan fingerprint density at radius 3 is 2.52 bits per heavy atom. The van der Waals surface area contributed by atoms with Gasteiger partial charge in [0.1, 0.15) is 11.6 Å². The fourth-order valence-corrected chi connectivity index (χ4v) is 4.64. The summed E-state index contributed by atoms with van der Waals surface area (Å²) in [5.41, 5.74) is 3.95. The quantitative estimate of drug-likeness (QED) is 0.379. The van der Waals surface area contributed by atoms with E-state index in [1.807, 2.05) is 24.3 Å². The van der Waals surface area contributed by atoms with Crippen molar-refractivity contribution in [2.24, 2.45) is 0 Å². The van der Waals surface area contributed by atoms with Crippen LogP contribution in [0.4, 0.5) is 15.8 Å². The summed E-state index contributed by atoms with van der Waals surface area (Å²) in [7, 11) is 1.73. The Morgan fingerprint density at radius 2 is 1.82 bits per heavy atom. The Labute approximate surface area is 202 Å². The van der Waals surface area contributed by atoms with Crippen LogP contribution in [-0.4, -0.2) is 26.1 Å². The number of carbonyl (C=O) groups excluding carboxylic acids is 1.